The van der Waals surface area contributed by atoms with Crippen molar-refractivity contribution >= 4 is 17.2 Å². The van der Waals surface area contributed by atoms with E-state index in [-0.39, 0.29) is 11.9 Å². The fourth-order valence-electron chi connectivity index (χ4n) is 2.51. The van der Waals surface area contributed by atoms with Crippen molar-refractivity contribution < 1.29 is 4.79 Å². The highest BCUT2D eigenvalue weighted by Crippen LogP contribution is 2.26. The third-order valence-electron chi connectivity index (χ3n) is 3.48. The molecule has 0 aliphatic heterocycles. The van der Waals surface area contributed by atoms with Gasteiger partial charge in [-0.3, -0.25) is 9.69 Å². The van der Waals surface area contributed by atoms with E-state index in [0.29, 0.717) is 13.1 Å². The predicted octanol–water partition coefficient (Wildman–Crippen LogP) is 3.38. The minimum atomic E-state index is 0.0497. The van der Waals surface area contributed by atoms with E-state index in [4.69, 9.17) is 4.98 Å². The topological polar surface area (TPSA) is 45.2 Å². The van der Waals surface area contributed by atoms with Crippen LogP contribution in [-0.4, -0.2) is 35.4 Å². The number of aromatic nitrogens is 1. The molecular weight excluding hydrogens is 306 g/mol. The molecule has 0 radical (unpaired) electrons. The number of amides is 1. The second-order valence-electron chi connectivity index (χ2n) is 6.34. The molecule has 0 saturated heterocycles. The molecule has 2 aromatic rings. The standard InChI is InChI=1S/C18H25N3OS/c1-12(2)19-17(22)9-21(5)10-18-20-16(11-23-18)15-7-6-13(3)8-14(15)4/h6-8,11-12H,9-10H2,1-5H3,(H,19,22). The molecule has 1 aromatic carbocycles. The lowest BCUT2D eigenvalue weighted by molar-refractivity contribution is -0.122. The van der Waals surface area contributed by atoms with E-state index in [0.717, 1.165) is 10.7 Å². The van der Waals surface area contributed by atoms with E-state index in [2.05, 4.69) is 42.7 Å². The van der Waals surface area contributed by atoms with Crippen molar-refractivity contribution in [3.8, 4) is 11.3 Å². The number of benzene rings is 1. The van der Waals surface area contributed by atoms with Crippen molar-refractivity contribution in [3.63, 3.8) is 0 Å². The highest BCUT2D eigenvalue weighted by atomic mass is 32.1. The van der Waals surface area contributed by atoms with Crippen molar-refractivity contribution in [1.82, 2.24) is 15.2 Å². The van der Waals surface area contributed by atoms with Gasteiger partial charge in [-0.05, 0) is 40.3 Å². The van der Waals surface area contributed by atoms with Crippen molar-refractivity contribution in [2.75, 3.05) is 13.6 Å². The quantitative estimate of drug-likeness (QED) is 0.882. The van der Waals surface area contributed by atoms with Crippen molar-refractivity contribution in [1.29, 1.82) is 0 Å². The van der Waals surface area contributed by atoms with Gasteiger partial charge in [-0.15, -0.1) is 11.3 Å². The molecule has 124 valence electrons. The van der Waals surface area contributed by atoms with Gasteiger partial charge in [0.1, 0.15) is 5.01 Å². The van der Waals surface area contributed by atoms with Crippen LogP contribution in [0.1, 0.15) is 30.0 Å². The van der Waals surface area contributed by atoms with Crippen LogP contribution in [0.2, 0.25) is 0 Å². The Morgan fingerprint density at radius 2 is 2.09 bits per heavy atom. The van der Waals surface area contributed by atoms with Crippen LogP contribution in [0, 0.1) is 13.8 Å². The van der Waals surface area contributed by atoms with Gasteiger partial charge in [-0.1, -0.05) is 23.8 Å². The second-order valence-corrected chi connectivity index (χ2v) is 7.28. The molecule has 0 unspecified atom stereocenters. The number of hydrogen-bond acceptors (Lipinski definition) is 4. The monoisotopic (exact) mass is 331 g/mol. The Kier molecular flexibility index (Phi) is 5.91. The molecule has 2 rings (SSSR count). The largest absolute Gasteiger partial charge is 0.353 e. The molecule has 4 nitrogen and oxygen atoms in total. The van der Waals surface area contributed by atoms with Crippen LogP contribution in [0.25, 0.3) is 11.3 Å². The normalized spacial score (nSPS) is 11.3. The van der Waals surface area contributed by atoms with Gasteiger partial charge in [-0.2, -0.15) is 0 Å². The van der Waals surface area contributed by atoms with Gasteiger partial charge in [0.05, 0.1) is 18.8 Å². The summed E-state index contributed by atoms with van der Waals surface area (Å²) in [6.45, 7) is 9.21. The van der Waals surface area contributed by atoms with Crippen LogP contribution < -0.4 is 5.32 Å². The summed E-state index contributed by atoms with van der Waals surface area (Å²) in [5, 5.41) is 6.03. The SMILES string of the molecule is Cc1ccc(-c2csc(CN(C)CC(=O)NC(C)C)n2)c(C)c1. The zero-order valence-electron chi connectivity index (χ0n) is 14.5. The number of aryl methyl sites for hydroxylation is 2. The molecule has 1 N–H and O–H groups in total. The number of rotatable bonds is 6. The van der Waals surface area contributed by atoms with Crippen LogP contribution in [0.5, 0.6) is 0 Å². The maximum Gasteiger partial charge on any atom is 0.234 e. The summed E-state index contributed by atoms with van der Waals surface area (Å²) < 4.78 is 0. The predicted molar refractivity (Wildman–Crippen MR) is 96.6 cm³/mol. The highest BCUT2D eigenvalue weighted by Gasteiger charge is 2.12. The van der Waals surface area contributed by atoms with Gasteiger partial charge in [0.15, 0.2) is 0 Å². The van der Waals surface area contributed by atoms with Crippen LogP contribution in [0.4, 0.5) is 0 Å². The number of hydrogen-bond donors (Lipinski definition) is 1. The Labute approximate surface area is 142 Å². The van der Waals surface area contributed by atoms with Crippen LogP contribution in [0.3, 0.4) is 0 Å². The van der Waals surface area contributed by atoms with E-state index in [1.165, 1.54) is 16.7 Å². The molecule has 0 aliphatic carbocycles. The molecule has 0 saturated carbocycles. The first-order chi connectivity index (χ1) is 10.8. The Bertz CT molecular complexity index is 679. The molecule has 0 aliphatic rings. The molecule has 0 bridgehead atoms. The number of nitrogens with zero attached hydrogens (tertiary/aromatic N) is 2. The molecule has 1 amide bonds. The molecule has 0 spiro atoms. The lowest BCUT2D eigenvalue weighted by Gasteiger charge is -2.16. The number of likely N-dealkylation sites (N-methyl/N-ethyl adjacent to an activating group) is 1. The highest BCUT2D eigenvalue weighted by molar-refractivity contribution is 7.09. The molecule has 0 fully saturated rings. The number of nitrogens with one attached hydrogen (secondary N) is 1. The van der Waals surface area contributed by atoms with Gasteiger partial charge in [0.2, 0.25) is 5.91 Å². The summed E-state index contributed by atoms with van der Waals surface area (Å²) in [5.74, 6) is 0.0497. The molecule has 5 heteroatoms. The number of carbonyl (C=O) groups is 1. The zero-order chi connectivity index (χ0) is 17.0. The Morgan fingerprint density at radius 3 is 2.74 bits per heavy atom. The lowest BCUT2D eigenvalue weighted by Crippen LogP contribution is -2.38. The van der Waals surface area contributed by atoms with Crippen molar-refractivity contribution in [2.24, 2.45) is 0 Å². The summed E-state index contributed by atoms with van der Waals surface area (Å²) in [6, 6.07) is 6.59. The summed E-state index contributed by atoms with van der Waals surface area (Å²) in [7, 11) is 1.94. The molecule has 0 atom stereocenters. The first-order valence-electron chi connectivity index (χ1n) is 7.85. The van der Waals surface area contributed by atoms with Crippen LogP contribution >= 0.6 is 11.3 Å². The van der Waals surface area contributed by atoms with E-state index < -0.39 is 0 Å². The zero-order valence-corrected chi connectivity index (χ0v) is 15.3. The van der Waals surface area contributed by atoms with Gasteiger partial charge in [-0.25, -0.2) is 4.98 Å². The molecule has 23 heavy (non-hydrogen) atoms. The van der Waals surface area contributed by atoms with Crippen molar-refractivity contribution in [3.05, 3.63) is 39.7 Å². The average Bonchev–Trinajstić information content (AvgIpc) is 2.85. The molecule has 1 heterocycles. The minimum Gasteiger partial charge on any atom is -0.353 e. The fraction of sp³-hybridized carbons (Fsp3) is 0.444. The van der Waals surface area contributed by atoms with Gasteiger partial charge >= 0.3 is 0 Å². The minimum absolute atomic E-state index is 0.0497. The van der Waals surface area contributed by atoms with E-state index in [1.807, 2.05) is 25.8 Å². The fourth-order valence-corrected chi connectivity index (χ4v) is 3.38. The van der Waals surface area contributed by atoms with Gasteiger partial charge in [0.25, 0.3) is 0 Å². The van der Waals surface area contributed by atoms with Gasteiger partial charge in [0, 0.05) is 17.0 Å². The first kappa shape index (κ1) is 17.6. The maximum absolute atomic E-state index is 11.8. The number of carbonyl (C=O) groups excluding carboxylic acids is 1. The summed E-state index contributed by atoms with van der Waals surface area (Å²) in [6.07, 6.45) is 0. The summed E-state index contributed by atoms with van der Waals surface area (Å²) in [5.41, 5.74) is 4.70. The molecular formula is C18H25N3OS. The van der Waals surface area contributed by atoms with E-state index in [9.17, 15) is 4.79 Å². The second kappa shape index (κ2) is 7.70. The van der Waals surface area contributed by atoms with Gasteiger partial charge < -0.3 is 5.32 Å². The smallest absolute Gasteiger partial charge is 0.234 e. The Morgan fingerprint density at radius 1 is 1.35 bits per heavy atom. The summed E-state index contributed by atoms with van der Waals surface area (Å²) >= 11 is 1.64. The third-order valence-corrected chi connectivity index (χ3v) is 4.31. The maximum atomic E-state index is 11.8. The summed E-state index contributed by atoms with van der Waals surface area (Å²) in [4.78, 5) is 18.5. The Hall–Kier alpha value is -1.72. The third kappa shape index (κ3) is 5.15. The first-order valence-corrected chi connectivity index (χ1v) is 8.73. The van der Waals surface area contributed by atoms with E-state index >= 15 is 0 Å². The average molecular weight is 331 g/mol. The van der Waals surface area contributed by atoms with E-state index in [1.54, 1.807) is 11.3 Å². The van der Waals surface area contributed by atoms with Crippen LogP contribution in [-0.2, 0) is 11.3 Å². The molecule has 1 aromatic heterocycles. The van der Waals surface area contributed by atoms with Crippen LogP contribution in [0.15, 0.2) is 23.6 Å². The lowest BCUT2D eigenvalue weighted by atomic mass is 10.0. The number of thiazole rings is 1. The Balaban J connectivity index is 2.00. The van der Waals surface area contributed by atoms with Crippen molar-refractivity contribution in [2.45, 2.75) is 40.3 Å².